The van der Waals surface area contributed by atoms with Crippen LogP contribution in [0.1, 0.15) is 45.6 Å². The Bertz CT molecular complexity index is 788. The van der Waals surface area contributed by atoms with Gasteiger partial charge in [0.1, 0.15) is 11.8 Å². The number of rotatable bonds is 8. The first kappa shape index (κ1) is 24.7. The van der Waals surface area contributed by atoms with Crippen molar-refractivity contribution < 1.29 is 19.1 Å². The highest BCUT2D eigenvalue weighted by Crippen LogP contribution is 2.25. The van der Waals surface area contributed by atoms with E-state index in [0.717, 1.165) is 5.56 Å². The van der Waals surface area contributed by atoms with Gasteiger partial charge in [0, 0.05) is 19.0 Å². The number of carbonyl (C=O) groups excluding carboxylic acids is 3. The molecule has 0 bridgehead atoms. The molecule has 31 heavy (non-hydrogen) atoms. The highest BCUT2D eigenvalue weighted by atomic mass is 16.5. The number of nitrogens with two attached hydrogens (primary N) is 1. The largest absolute Gasteiger partial charge is 0.495 e. The van der Waals surface area contributed by atoms with Crippen LogP contribution in [0.5, 0.6) is 5.75 Å². The van der Waals surface area contributed by atoms with Crippen LogP contribution in [0.3, 0.4) is 0 Å². The Morgan fingerprint density at radius 3 is 2.42 bits per heavy atom. The Morgan fingerprint density at radius 1 is 1.19 bits per heavy atom. The third-order valence-corrected chi connectivity index (χ3v) is 5.58. The molecule has 1 fully saturated rings. The third kappa shape index (κ3) is 6.95. The number of amides is 3. The molecule has 0 saturated carbocycles. The number of benzene rings is 1. The lowest BCUT2D eigenvalue weighted by Gasteiger charge is -2.33. The number of hydrogen-bond donors (Lipinski definition) is 3. The van der Waals surface area contributed by atoms with Crippen molar-refractivity contribution in [3.05, 3.63) is 23.8 Å². The lowest BCUT2D eigenvalue weighted by molar-refractivity contribution is -0.137. The van der Waals surface area contributed by atoms with E-state index in [2.05, 4.69) is 10.6 Å². The Morgan fingerprint density at radius 2 is 1.84 bits per heavy atom. The molecule has 1 heterocycles. The minimum absolute atomic E-state index is 0.0487. The van der Waals surface area contributed by atoms with Gasteiger partial charge in [-0.05, 0) is 56.7 Å². The first-order valence-corrected chi connectivity index (χ1v) is 10.9. The number of hydrogen-bond acceptors (Lipinski definition) is 5. The second-order valence-electron chi connectivity index (χ2n) is 8.76. The minimum Gasteiger partial charge on any atom is -0.495 e. The van der Waals surface area contributed by atoms with Crippen molar-refractivity contribution >= 4 is 23.4 Å². The van der Waals surface area contributed by atoms with E-state index in [1.165, 1.54) is 0 Å². The SMILES string of the molecule is COc1ccc(C)cc1NC(=O)[C@H](C)NC(=O)C1CCN(C(=O)[C@@H](N)CC(C)C)CC1. The van der Waals surface area contributed by atoms with Crippen molar-refractivity contribution in [1.82, 2.24) is 10.2 Å². The summed E-state index contributed by atoms with van der Waals surface area (Å²) in [6.07, 6.45) is 1.77. The van der Waals surface area contributed by atoms with Crippen molar-refractivity contribution in [3.8, 4) is 5.75 Å². The molecule has 3 amide bonds. The Hall–Kier alpha value is -2.61. The fourth-order valence-electron chi connectivity index (χ4n) is 3.76. The van der Waals surface area contributed by atoms with Gasteiger partial charge < -0.3 is 26.0 Å². The van der Waals surface area contributed by atoms with E-state index in [-0.39, 0.29) is 23.6 Å². The van der Waals surface area contributed by atoms with Gasteiger partial charge in [-0.25, -0.2) is 0 Å². The smallest absolute Gasteiger partial charge is 0.246 e. The zero-order valence-corrected chi connectivity index (χ0v) is 19.2. The minimum atomic E-state index is -0.697. The summed E-state index contributed by atoms with van der Waals surface area (Å²) >= 11 is 0. The van der Waals surface area contributed by atoms with Gasteiger partial charge >= 0.3 is 0 Å². The molecule has 0 aromatic heterocycles. The fraction of sp³-hybridized carbons (Fsp3) is 0.609. The number of nitrogens with one attached hydrogen (secondary N) is 2. The highest BCUT2D eigenvalue weighted by molar-refractivity contribution is 5.98. The van der Waals surface area contributed by atoms with Crippen LogP contribution in [0.2, 0.25) is 0 Å². The number of aryl methyl sites for hydroxylation is 1. The molecular formula is C23H36N4O4. The Balaban J connectivity index is 1.85. The van der Waals surface area contributed by atoms with Gasteiger partial charge in [0.05, 0.1) is 18.8 Å². The van der Waals surface area contributed by atoms with Crippen LogP contribution in [0.4, 0.5) is 5.69 Å². The predicted molar refractivity (Wildman–Crippen MR) is 121 cm³/mol. The molecule has 172 valence electrons. The van der Waals surface area contributed by atoms with Crippen LogP contribution in [-0.4, -0.2) is 54.9 Å². The van der Waals surface area contributed by atoms with Crippen LogP contribution < -0.4 is 21.1 Å². The quantitative estimate of drug-likeness (QED) is 0.582. The van der Waals surface area contributed by atoms with Gasteiger partial charge in [0.25, 0.3) is 0 Å². The summed E-state index contributed by atoms with van der Waals surface area (Å²) in [5, 5.41) is 5.61. The number of ether oxygens (including phenoxy) is 1. The monoisotopic (exact) mass is 432 g/mol. The maximum absolute atomic E-state index is 12.7. The van der Waals surface area contributed by atoms with Gasteiger partial charge in [0.15, 0.2) is 0 Å². The second-order valence-corrected chi connectivity index (χ2v) is 8.76. The van der Waals surface area contributed by atoms with E-state index in [0.29, 0.717) is 49.7 Å². The zero-order valence-electron chi connectivity index (χ0n) is 19.2. The molecule has 1 aromatic rings. The number of piperidine rings is 1. The summed E-state index contributed by atoms with van der Waals surface area (Å²) in [7, 11) is 1.54. The van der Waals surface area contributed by atoms with Crippen molar-refractivity contribution in [2.45, 2.75) is 59.0 Å². The number of methoxy groups -OCH3 is 1. The summed E-state index contributed by atoms with van der Waals surface area (Å²) in [6, 6.07) is 4.31. The van der Waals surface area contributed by atoms with Crippen LogP contribution in [0.15, 0.2) is 18.2 Å². The Kier molecular flexibility index (Phi) is 8.86. The van der Waals surface area contributed by atoms with E-state index >= 15 is 0 Å². The number of anilines is 1. The summed E-state index contributed by atoms with van der Waals surface area (Å²) in [6.45, 7) is 8.66. The molecule has 0 radical (unpaired) electrons. The van der Waals surface area contributed by atoms with E-state index in [1.54, 1.807) is 25.0 Å². The van der Waals surface area contributed by atoms with Crippen LogP contribution >= 0.6 is 0 Å². The van der Waals surface area contributed by atoms with E-state index < -0.39 is 12.1 Å². The summed E-state index contributed by atoms with van der Waals surface area (Å²) in [5.74, 6) is 0.156. The van der Waals surface area contributed by atoms with Gasteiger partial charge in [-0.3, -0.25) is 14.4 Å². The lowest BCUT2D eigenvalue weighted by Crippen LogP contribution is -2.50. The zero-order chi connectivity index (χ0) is 23.1. The topological polar surface area (TPSA) is 114 Å². The van der Waals surface area contributed by atoms with Gasteiger partial charge in [0.2, 0.25) is 17.7 Å². The first-order valence-electron chi connectivity index (χ1n) is 10.9. The molecular weight excluding hydrogens is 396 g/mol. The van der Waals surface area contributed by atoms with Crippen LogP contribution in [0, 0.1) is 18.8 Å². The van der Waals surface area contributed by atoms with Gasteiger partial charge in [-0.1, -0.05) is 19.9 Å². The van der Waals surface area contributed by atoms with E-state index in [9.17, 15) is 14.4 Å². The third-order valence-electron chi connectivity index (χ3n) is 5.58. The highest BCUT2D eigenvalue weighted by Gasteiger charge is 2.31. The van der Waals surface area contributed by atoms with Crippen molar-refractivity contribution in [2.75, 3.05) is 25.5 Å². The Labute approximate surface area is 184 Å². The molecule has 1 aliphatic heterocycles. The second kappa shape index (κ2) is 11.1. The number of likely N-dealkylation sites (tertiary alicyclic amines) is 1. The maximum atomic E-state index is 12.7. The molecule has 2 atom stereocenters. The number of carbonyl (C=O) groups is 3. The predicted octanol–water partition coefficient (Wildman–Crippen LogP) is 2.06. The normalized spacial score (nSPS) is 16.5. The first-order chi connectivity index (χ1) is 14.6. The summed E-state index contributed by atoms with van der Waals surface area (Å²) < 4.78 is 5.28. The standard InChI is InChI=1S/C23H36N4O4/c1-14(2)12-18(24)23(30)27-10-8-17(9-11-27)22(29)25-16(4)21(28)26-19-13-15(3)6-7-20(19)31-5/h6-7,13-14,16-18H,8-12,24H2,1-5H3,(H,25,29)(H,26,28)/t16-,18-/m0/s1. The molecule has 0 unspecified atom stereocenters. The van der Waals surface area contributed by atoms with Gasteiger partial charge in [-0.2, -0.15) is 0 Å². The molecule has 1 saturated heterocycles. The molecule has 0 aliphatic carbocycles. The molecule has 0 spiro atoms. The van der Waals surface area contributed by atoms with E-state index in [1.807, 2.05) is 32.9 Å². The fourth-order valence-corrected chi connectivity index (χ4v) is 3.76. The van der Waals surface area contributed by atoms with Crippen LogP contribution in [0.25, 0.3) is 0 Å². The van der Waals surface area contributed by atoms with Crippen molar-refractivity contribution in [2.24, 2.45) is 17.6 Å². The summed E-state index contributed by atoms with van der Waals surface area (Å²) in [4.78, 5) is 39.4. The molecule has 1 aromatic carbocycles. The molecule has 8 nitrogen and oxygen atoms in total. The van der Waals surface area contributed by atoms with Gasteiger partial charge in [-0.15, -0.1) is 0 Å². The average molecular weight is 433 g/mol. The van der Waals surface area contributed by atoms with Crippen molar-refractivity contribution in [3.63, 3.8) is 0 Å². The molecule has 2 rings (SSSR count). The van der Waals surface area contributed by atoms with Crippen LogP contribution in [-0.2, 0) is 14.4 Å². The van der Waals surface area contributed by atoms with E-state index in [4.69, 9.17) is 10.5 Å². The number of nitrogens with zero attached hydrogens (tertiary/aromatic N) is 1. The molecule has 1 aliphatic rings. The summed E-state index contributed by atoms with van der Waals surface area (Å²) in [5.41, 5.74) is 7.57. The van der Waals surface area contributed by atoms with Crippen molar-refractivity contribution in [1.29, 1.82) is 0 Å². The average Bonchev–Trinajstić information content (AvgIpc) is 2.72. The maximum Gasteiger partial charge on any atom is 0.246 e. The molecule has 4 N–H and O–H groups in total. The molecule has 8 heteroatoms. The lowest BCUT2D eigenvalue weighted by atomic mass is 9.94.